The van der Waals surface area contributed by atoms with Crippen LogP contribution in [0, 0.1) is 0 Å². The van der Waals surface area contributed by atoms with E-state index in [-0.39, 0.29) is 29.8 Å². The lowest BCUT2D eigenvalue weighted by atomic mass is 9.79. The number of benzene rings is 1. The number of piperazine rings is 1. The van der Waals surface area contributed by atoms with Crippen molar-refractivity contribution in [3.63, 3.8) is 0 Å². The Morgan fingerprint density at radius 2 is 1.81 bits per heavy atom. The molecule has 2 aromatic rings. The van der Waals surface area contributed by atoms with E-state index in [0.717, 1.165) is 48.9 Å². The molecule has 2 fully saturated rings. The lowest BCUT2D eigenvalue weighted by molar-refractivity contribution is -0.152. The normalized spacial score (nSPS) is 25.5. The van der Waals surface area contributed by atoms with E-state index in [4.69, 9.17) is 0 Å². The topological polar surface area (TPSA) is 103 Å². The van der Waals surface area contributed by atoms with Gasteiger partial charge in [-0.05, 0) is 68.9 Å². The van der Waals surface area contributed by atoms with Crippen molar-refractivity contribution in [2.75, 3.05) is 23.7 Å². The van der Waals surface area contributed by atoms with Crippen molar-refractivity contribution in [1.29, 1.82) is 0 Å². The van der Waals surface area contributed by atoms with E-state index >= 15 is 0 Å². The molecule has 0 radical (unpaired) electrons. The van der Waals surface area contributed by atoms with Crippen LogP contribution in [0.3, 0.4) is 0 Å². The highest BCUT2D eigenvalue weighted by Gasteiger charge is 2.51. The van der Waals surface area contributed by atoms with Gasteiger partial charge in [-0.25, -0.2) is 4.98 Å². The highest BCUT2D eigenvalue weighted by molar-refractivity contribution is 6.06. The fraction of sp³-hybridized carbons (Fsp3) is 0.517. The number of hydrogen-bond donors (Lipinski definition) is 3. The summed E-state index contributed by atoms with van der Waals surface area (Å²) in [6.07, 6.45) is 9.24. The van der Waals surface area contributed by atoms with Gasteiger partial charge >= 0.3 is 0 Å². The van der Waals surface area contributed by atoms with E-state index < -0.39 is 11.0 Å². The molecule has 8 nitrogen and oxygen atoms in total. The number of nitrogens with zero attached hydrogens (tertiary/aromatic N) is 2. The fourth-order valence-corrected chi connectivity index (χ4v) is 6.87. The van der Waals surface area contributed by atoms with E-state index in [1.54, 1.807) is 6.20 Å². The van der Waals surface area contributed by atoms with Gasteiger partial charge in [0, 0.05) is 24.0 Å². The maximum absolute atomic E-state index is 13.5. The number of amides is 3. The minimum Gasteiger partial charge on any atom is -0.325 e. The molecule has 6 rings (SSSR count). The average molecular weight is 502 g/mol. The van der Waals surface area contributed by atoms with Gasteiger partial charge in [0.05, 0.1) is 16.5 Å². The lowest BCUT2D eigenvalue weighted by Crippen LogP contribution is -2.72. The summed E-state index contributed by atoms with van der Waals surface area (Å²) in [6.45, 7) is 4.56. The van der Waals surface area contributed by atoms with E-state index in [9.17, 15) is 14.4 Å². The van der Waals surface area contributed by atoms with Crippen LogP contribution >= 0.6 is 0 Å². The summed E-state index contributed by atoms with van der Waals surface area (Å²) in [5.41, 5.74) is 2.18. The number of nitrogens with one attached hydrogen (secondary N) is 3. The van der Waals surface area contributed by atoms with Gasteiger partial charge in [0.2, 0.25) is 17.7 Å². The standard InChI is InChI=1S/C29H35N5O3/c1-27(2)26(37)34(28(18-31-27)11-5-3-4-6-12-28)17-23(35)32-21-10-9-19-15-29(16-20(19)14-21)22-8-7-13-30-24(22)33-25(29)36/h7-10,13-14,31H,3-6,11-12,15-18H2,1-2H3,(H,32,35)(H,30,33,36). The number of carbonyl (C=O) groups excluding carboxylic acids is 3. The molecule has 194 valence electrons. The predicted molar refractivity (Wildman–Crippen MR) is 141 cm³/mol. The van der Waals surface area contributed by atoms with Gasteiger partial charge in [-0.3, -0.25) is 14.4 Å². The Hall–Kier alpha value is -3.26. The molecule has 0 bridgehead atoms. The molecule has 3 amide bonds. The third kappa shape index (κ3) is 3.93. The molecule has 2 aliphatic carbocycles. The molecule has 37 heavy (non-hydrogen) atoms. The van der Waals surface area contributed by atoms with Crippen molar-refractivity contribution in [1.82, 2.24) is 15.2 Å². The SMILES string of the molecule is CC1(C)NCC2(CCCCCC2)N(CC(=O)Nc2ccc3c(c2)CC2(C3)C(=O)Nc3ncccc32)C1=O. The Balaban J connectivity index is 1.20. The summed E-state index contributed by atoms with van der Waals surface area (Å²) in [6, 6.07) is 9.73. The summed E-state index contributed by atoms with van der Waals surface area (Å²) in [4.78, 5) is 46.0. The van der Waals surface area contributed by atoms with Crippen LogP contribution in [0.4, 0.5) is 11.5 Å². The average Bonchev–Trinajstić information content (AvgIpc) is 3.27. The Bertz CT molecular complexity index is 1280. The Morgan fingerprint density at radius 1 is 1.05 bits per heavy atom. The summed E-state index contributed by atoms with van der Waals surface area (Å²) in [7, 11) is 0. The summed E-state index contributed by atoms with van der Waals surface area (Å²) in [5.74, 6) is 0.433. The molecular weight excluding hydrogens is 466 g/mol. The highest BCUT2D eigenvalue weighted by atomic mass is 16.2. The molecule has 8 heteroatoms. The van der Waals surface area contributed by atoms with Crippen LogP contribution in [-0.2, 0) is 32.6 Å². The first-order chi connectivity index (χ1) is 17.7. The van der Waals surface area contributed by atoms with Gasteiger partial charge in [0.25, 0.3) is 0 Å². The number of fused-ring (bicyclic) bond motifs is 3. The van der Waals surface area contributed by atoms with Crippen LogP contribution in [0.25, 0.3) is 0 Å². The molecule has 4 aliphatic rings. The van der Waals surface area contributed by atoms with Crippen LogP contribution in [-0.4, -0.2) is 51.8 Å². The minimum atomic E-state index is -0.688. The van der Waals surface area contributed by atoms with Crippen LogP contribution < -0.4 is 16.0 Å². The zero-order chi connectivity index (χ0) is 25.8. The minimum absolute atomic E-state index is 0.00813. The molecule has 1 saturated heterocycles. The molecule has 1 aromatic heterocycles. The van der Waals surface area contributed by atoms with Gasteiger partial charge in [-0.1, -0.05) is 37.8 Å². The van der Waals surface area contributed by atoms with Gasteiger partial charge in [-0.2, -0.15) is 0 Å². The molecule has 2 spiro atoms. The maximum atomic E-state index is 13.5. The molecule has 1 unspecified atom stereocenters. The van der Waals surface area contributed by atoms with Crippen molar-refractivity contribution in [3.05, 3.63) is 53.2 Å². The summed E-state index contributed by atoms with van der Waals surface area (Å²) >= 11 is 0. The van der Waals surface area contributed by atoms with Gasteiger partial charge < -0.3 is 20.9 Å². The number of hydrogen-bond acceptors (Lipinski definition) is 5. The second-order valence-electron chi connectivity index (χ2n) is 11.8. The van der Waals surface area contributed by atoms with Crippen molar-refractivity contribution in [2.45, 2.75) is 81.7 Å². The second kappa shape index (κ2) is 8.65. The zero-order valence-electron chi connectivity index (χ0n) is 21.7. The Morgan fingerprint density at radius 3 is 2.59 bits per heavy atom. The number of aromatic nitrogens is 1. The molecule has 1 saturated carbocycles. The number of pyridine rings is 1. The largest absolute Gasteiger partial charge is 0.325 e. The number of carbonyl (C=O) groups is 3. The van der Waals surface area contributed by atoms with Gasteiger partial charge in [0.1, 0.15) is 12.4 Å². The van der Waals surface area contributed by atoms with Crippen molar-refractivity contribution < 1.29 is 14.4 Å². The Labute approximate surface area is 217 Å². The van der Waals surface area contributed by atoms with E-state index in [1.165, 1.54) is 12.8 Å². The van der Waals surface area contributed by atoms with Crippen LogP contribution in [0.2, 0.25) is 0 Å². The van der Waals surface area contributed by atoms with E-state index in [1.807, 2.05) is 49.1 Å². The first-order valence-corrected chi connectivity index (χ1v) is 13.5. The number of rotatable bonds is 3. The monoisotopic (exact) mass is 501 g/mol. The van der Waals surface area contributed by atoms with Crippen molar-refractivity contribution in [3.8, 4) is 0 Å². The van der Waals surface area contributed by atoms with Crippen LogP contribution in [0.1, 0.15) is 69.1 Å². The third-order valence-electron chi connectivity index (χ3n) is 9.01. The quantitative estimate of drug-likeness (QED) is 0.599. The zero-order valence-corrected chi connectivity index (χ0v) is 21.7. The van der Waals surface area contributed by atoms with Gasteiger partial charge in [0.15, 0.2) is 0 Å². The molecule has 1 aromatic carbocycles. The summed E-state index contributed by atoms with van der Waals surface area (Å²) < 4.78 is 0. The van der Waals surface area contributed by atoms with Crippen molar-refractivity contribution >= 4 is 29.2 Å². The third-order valence-corrected chi connectivity index (χ3v) is 9.01. The van der Waals surface area contributed by atoms with Crippen LogP contribution in [0.5, 0.6) is 0 Å². The lowest BCUT2D eigenvalue weighted by Gasteiger charge is -2.52. The maximum Gasteiger partial charge on any atom is 0.244 e. The van der Waals surface area contributed by atoms with E-state index in [2.05, 4.69) is 20.9 Å². The van der Waals surface area contributed by atoms with Crippen LogP contribution in [0.15, 0.2) is 36.5 Å². The predicted octanol–water partition coefficient (Wildman–Crippen LogP) is 3.31. The van der Waals surface area contributed by atoms with Crippen molar-refractivity contribution in [2.24, 2.45) is 0 Å². The van der Waals surface area contributed by atoms with E-state index in [0.29, 0.717) is 24.3 Å². The summed E-state index contributed by atoms with van der Waals surface area (Å²) in [5, 5.41) is 9.44. The molecule has 3 heterocycles. The van der Waals surface area contributed by atoms with Gasteiger partial charge in [-0.15, -0.1) is 0 Å². The smallest absolute Gasteiger partial charge is 0.244 e. The molecular formula is C29H35N5O3. The first kappa shape index (κ1) is 24.1. The first-order valence-electron chi connectivity index (χ1n) is 13.5. The highest BCUT2D eigenvalue weighted by Crippen LogP contribution is 2.47. The molecule has 3 N–H and O–H groups in total. The number of anilines is 2. The fourth-order valence-electron chi connectivity index (χ4n) is 6.87. The Kier molecular flexibility index (Phi) is 5.64. The molecule has 2 aliphatic heterocycles. The second-order valence-corrected chi connectivity index (χ2v) is 11.8. The molecule has 1 atom stereocenters.